The van der Waals surface area contributed by atoms with Gasteiger partial charge in [0.15, 0.2) is 0 Å². The van der Waals surface area contributed by atoms with Gasteiger partial charge in [-0.1, -0.05) is 32.0 Å². The molecule has 1 N–H and O–H groups in total. The highest BCUT2D eigenvalue weighted by molar-refractivity contribution is 5.83. The second-order valence-corrected chi connectivity index (χ2v) is 6.34. The van der Waals surface area contributed by atoms with Gasteiger partial charge in [-0.15, -0.1) is 0 Å². The van der Waals surface area contributed by atoms with Gasteiger partial charge in [-0.05, 0) is 37.1 Å². The third kappa shape index (κ3) is 3.01. The summed E-state index contributed by atoms with van der Waals surface area (Å²) in [6, 6.07) is 9.14. The predicted octanol–water partition coefficient (Wildman–Crippen LogP) is 3.50. The number of likely N-dealkylation sites (N-methyl/N-ethyl adjacent to an activating group) is 1. The molecule has 118 valence electrons. The Hall–Kier alpha value is -1.45. The summed E-state index contributed by atoms with van der Waals surface area (Å²) in [5.74, 6) is 0. The van der Waals surface area contributed by atoms with Crippen LogP contribution in [-0.2, 0) is 19.5 Å². The molecule has 0 saturated heterocycles. The topological polar surface area (TPSA) is 28.2 Å². The summed E-state index contributed by atoms with van der Waals surface area (Å²) >= 11 is 0. The molecule has 0 fully saturated rings. The van der Waals surface area contributed by atoms with Crippen molar-refractivity contribution in [1.29, 1.82) is 0 Å². The minimum atomic E-state index is 0.549. The fraction of sp³-hybridized carbons (Fsp3) is 0.526. The van der Waals surface area contributed by atoms with Crippen molar-refractivity contribution in [2.75, 3.05) is 13.1 Å². The van der Waals surface area contributed by atoms with E-state index in [1.165, 1.54) is 22.2 Å². The van der Waals surface area contributed by atoms with Gasteiger partial charge in [0.1, 0.15) is 0 Å². The fourth-order valence-corrected chi connectivity index (χ4v) is 3.23. The lowest BCUT2D eigenvalue weighted by Gasteiger charge is -2.29. The molecule has 3 heteroatoms. The average Bonchev–Trinajstić information content (AvgIpc) is 2.57. The molecule has 3 rings (SSSR count). The number of para-hydroxylation sites is 1. The first-order valence-corrected chi connectivity index (χ1v) is 8.58. The largest absolute Gasteiger partial charge is 0.310 e. The first-order valence-electron chi connectivity index (χ1n) is 8.58. The summed E-state index contributed by atoms with van der Waals surface area (Å²) in [6.07, 6.45) is 2.23. The quantitative estimate of drug-likeness (QED) is 0.915. The second kappa shape index (κ2) is 6.76. The number of fused-ring (bicyclic) bond motifs is 2. The molecule has 1 atom stereocenters. The van der Waals surface area contributed by atoms with Crippen LogP contribution in [0.1, 0.15) is 44.0 Å². The van der Waals surface area contributed by atoms with Crippen LogP contribution in [0, 0.1) is 0 Å². The Morgan fingerprint density at radius 3 is 2.86 bits per heavy atom. The number of pyridine rings is 1. The monoisotopic (exact) mass is 297 g/mol. The smallest absolute Gasteiger partial charge is 0.0708 e. The molecule has 1 aromatic carbocycles. The summed E-state index contributed by atoms with van der Waals surface area (Å²) in [7, 11) is 0. The molecule has 0 amide bonds. The van der Waals surface area contributed by atoms with E-state index in [1.54, 1.807) is 0 Å². The van der Waals surface area contributed by atoms with E-state index in [0.717, 1.165) is 44.5 Å². The van der Waals surface area contributed by atoms with Crippen molar-refractivity contribution < 1.29 is 0 Å². The molecular formula is C19H27N3. The standard InChI is InChI=1S/C19H27N3/c1-4-14(3)20-12-16-15-8-6-7-9-18(15)21-19-10-11-22(5-2)13-17(16)19/h6-9,14,20H,4-5,10-13H2,1-3H3. The first kappa shape index (κ1) is 15.4. The minimum absolute atomic E-state index is 0.549. The Balaban J connectivity index is 2.04. The van der Waals surface area contributed by atoms with Crippen LogP contribution in [-0.4, -0.2) is 29.0 Å². The van der Waals surface area contributed by atoms with Crippen LogP contribution in [0.4, 0.5) is 0 Å². The van der Waals surface area contributed by atoms with Crippen LogP contribution in [0.15, 0.2) is 24.3 Å². The lowest BCUT2D eigenvalue weighted by molar-refractivity contribution is 0.264. The van der Waals surface area contributed by atoms with Gasteiger partial charge < -0.3 is 5.32 Å². The Bertz CT molecular complexity index is 650. The molecule has 1 unspecified atom stereocenters. The van der Waals surface area contributed by atoms with Crippen molar-refractivity contribution in [2.45, 2.75) is 52.7 Å². The number of nitrogens with zero attached hydrogens (tertiary/aromatic N) is 2. The SMILES string of the molecule is CCC(C)NCc1c2c(nc3ccccc13)CCN(CC)C2. The van der Waals surface area contributed by atoms with Crippen LogP contribution < -0.4 is 5.32 Å². The lowest BCUT2D eigenvalue weighted by atomic mass is 9.95. The molecule has 0 aliphatic carbocycles. The average molecular weight is 297 g/mol. The molecule has 1 aliphatic rings. The van der Waals surface area contributed by atoms with Gasteiger partial charge in [-0.25, -0.2) is 0 Å². The first-order chi connectivity index (χ1) is 10.7. The number of aromatic nitrogens is 1. The van der Waals surface area contributed by atoms with E-state index in [2.05, 4.69) is 55.3 Å². The van der Waals surface area contributed by atoms with Crippen molar-refractivity contribution in [3.63, 3.8) is 0 Å². The van der Waals surface area contributed by atoms with E-state index < -0.39 is 0 Å². The Morgan fingerprint density at radius 1 is 1.27 bits per heavy atom. The van der Waals surface area contributed by atoms with Gasteiger partial charge in [-0.2, -0.15) is 0 Å². The van der Waals surface area contributed by atoms with Gasteiger partial charge in [-0.3, -0.25) is 9.88 Å². The third-order valence-corrected chi connectivity index (χ3v) is 4.93. The molecule has 0 spiro atoms. The van der Waals surface area contributed by atoms with Crippen molar-refractivity contribution in [3.8, 4) is 0 Å². The number of hydrogen-bond donors (Lipinski definition) is 1. The maximum atomic E-state index is 4.94. The summed E-state index contributed by atoms with van der Waals surface area (Å²) in [6.45, 7) is 11.0. The van der Waals surface area contributed by atoms with Crippen LogP contribution >= 0.6 is 0 Å². The van der Waals surface area contributed by atoms with Crippen LogP contribution in [0.2, 0.25) is 0 Å². The van der Waals surface area contributed by atoms with Gasteiger partial charge >= 0.3 is 0 Å². The molecule has 0 bridgehead atoms. The summed E-state index contributed by atoms with van der Waals surface area (Å²) in [5, 5.41) is 4.99. The minimum Gasteiger partial charge on any atom is -0.310 e. The molecule has 22 heavy (non-hydrogen) atoms. The Labute approximate surface area is 133 Å². The maximum absolute atomic E-state index is 4.94. The maximum Gasteiger partial charge on any atom is 0.0708 e. The van der Waals surface area contributed by atoms with E-state index in [9.17, 15) is 0 Å². The summed E-state index contributed by atoms with van der Waals surface area (Å²) in [4.78, 5) is 7.46. The van der Waals surface area contributed by atoms with Crippen LogP contribution in [0.3, 0.4) is 0 Å². The van der Waals surface area contributed by atoms with Crippen molar-refractivity contribution in [3.05, 3.63) is 41.1 Å². The molecule has 2 aromatic rings. The highest BCUT2D eigenvalue weighted by Crippen LogP contribution is 2.28. The predicted molar refractivity (Wildman–Crippen MR) is 93.0 cm³/mol. The number of nitrogens with one attached hydrogen (secondary N) is 1. The lowest BCUT2D eigenvalue weighted by Crippen LogP contribution is -2.33. The van der Waals surface area contributed by atoms with Gasteiger partial charge in [0.05, 0.1) is 5.52 Å². The molecule has 0 saturated carbocycles. The molecule has 3 nitrogen and oxygen atoms in total. The number of rotatable bonds is 5. The Kier molecular flexibility index (Phi) is 4.74. The summed E-state index contributed by atoms with van der Waals surface area (Å²) < 4.78 is 0. The molecular weight excluding hydrogens is 270 g/mol. The molecule has 2 heterocycles. The summed E-state index contributed by atoms with van der Waals surface area (Å²) in [5.41, 5.74) is 5.37. The van der Waals surface area contributed by atoms with Crippen molar-refractivity contribution >= 4 is 10.9 Å². The van der Waals surface area contributed by atoms with E-state index in [4.69, 9.17) is 4.98 Å². The normalized spacial score (nSPS) is 16.7. The van der Waals surface area contributed by atoms with Crippen LogP contribution in [0.5, 0.6) is 0 Å². The number of benzene rings is 1. The highest BCUT2D eigenvalue weighted by Gasteiger charge is 2.21. The van der Waals surface area contributed by atoms with E-state index in [0.29, 0.717) is 6.04 Å². The highest BCUT2D eigenvalue weighted by atomic mass is 15.1. The van der Waals surface area contributed by atoms with Crippen molar-refractivity contribution in [1.82, 2.24) is 15.2 Å². The van der Waals surface area contributed by atoms with Gasteiger partial charge in [0, 0.05) is 43.2 Å². The van der Waals surface area contributed by atoms with E-state index in [1.807, 2.05) is 0 Å². The van der Waals surface area contributed by atoms with Crippen LogP contribution in [0.25, 0.3) is 10.9 Å². The molecule has 1 aromatic heterocycles. The molecule has 0 radical (unpaired) electrons. The zero-order valence-corrected chi connectivity index (χ0v) is 14.0. The van der Waals surface area contributed by atoms with Crippen molar-refractivity contribution in [2.24, 2.45) is 0 Å². The second-order valence-electron chi connectivity index (χ2n) is 6.34. The van der Waals surface area contributed by atoms with Gasteiger partial charge in [0.2, 0.25) is 0 Å². The van der Waals surface area contributed by atoms with E-state index >= 15 is 0 Å². The fourth-order valence-electron chi connectivity index (χ4n) is 3.23. The zero-order chi connectivity index (χ0) is 15.5. The Morgan fingerprint density at radius 2 is 2.09 bits per heavy atom. The zero-order valence-electron chi connectivity index (χ0n) is 14.0. The van der Waals surface area contributed by atoms with Gasteiger partial charge in [0.25, 0.3) is 0 Å². The van der Waals surface area contributed by atoms with E-state index in [-0.39, 0.29) is 0 Å². The molecule has 1 aliphatic heterocycles. The third-order valence-electron chi connectivity index (χ3n) is 4.93. The number of hydrogen-bond acceptors (Lipinski definition) is 3.